The summed E-state index contributed by atoms with van der Waals surface area (Å²) in [6.07, 6.45) is 0.661. The summed E-state index contributed by atoms with van der Waals surface area (Å²) in [4.78, 5) is 23.8. The molecule has 0 saturated carbocycles. The fraction of sp³-hybridized carbons (Fsp3) is 0.750. The van der Waals surface area contributed by atoms with Crippen LogP contribution in [0, 0.1) is 5.92 Å². The van der Waals surface area contributed by atoms with Crippen molar-refractivity contribution in [3.63, 3.8) is 0 Å². The van der Waals surface area contributed by atoms with Crippen molar-refractivity contribution in [2.24, 2.45) is 17.4 Å². The highest BCUT2D eigenvalue weighted by Crippen LogP contribution is 2.15. The summed E-state index contributed by atoms with van der Waals surface area (Å²) in [7, 11) is 0. The maximum atomic E-state index is 11.4. The summed E-state index contributed by atoms with van der Waals surface area (Å²) in [5, 5.41) is 0. The molecule has 0 aromatic rings. The third-order valence-corrected chi connectivity index (χ3v) is 2.29. The molecule has 5 heteroatoms. The normalized spacial score (nSPS) is 24.5. The first kappa shape index (κ1) is 9.98. The van der Waals surface area contributed by atoms with Crippen LogP contribution in [0.1, 0.15) is 13.3 Å². The number of nitrogens with two attached hydrogens (primary N) is 2. The van der Waals surface area contributed by atoms with Gasteiger partial charge in [0.2, 0.25) is 11.8 Å². The van der Waals surface area contributed by atoms with E-state index in [9.17, 15) is 9.59 Å². The molecule has 0 bridgehead atoms. The predicted octanol–water partition coefficient (Wildman–Crippen LogP) is -1.33. The molecule has 0 aromatic carbocycles. The maximum absolute atomic E-state index is 11.4. The van der Waals surface area contributed by atoms with Crippen LogP contribution in [0.25, 0.3) is 0 Å². The van der Waals surface area contributed by atoms with Crippen LogP contribution in [0.4, 0.5) is 0 Å². The van der Waals surface area contributed by atoms with Gasteiger partial charge >= 0.3 is 0 Å². The third kappa shape index (κ3) is 2.18. The molecular weight excluding hydrogens is 170 g/mol. The van der Waals surface area contributed by atoms with Crippen molar-refractivity contribution in [2.75, 3.05) is 13.1 Å². The standard InChI is InChI=1S/C8H15N3O2/c1-5(9)8(13)11-3-2-6(4-11)7(10)12/h5-6H,2-4,9H2,1H3,(H2,10,12)/t5-,6?/m1/s1. The van der Waals surface area contributed by atoms with Gasteiger partial charge in [-0.3, -0.25) is 9.59 Å². The summed E-state index contributed by atoms with van der Waals surface area (Å²) in [6.45, 7) is 2.66. The Bertz CT molecular complexity index is 227. The van der Waals surface area contributed by atoms with Gasteiger partial charge in [-0.2, -0.15) is 0 Å². The van der Waals surface area contributed by atoms with E-state index in [0.29, 0.717) is 19.5 Å². The summed E-state index contributed by atoms with van der Waals surface area (Å²) in [6, 6.07) is -0.494. The topological polar surface area (TPSA) is 89.4 Å². The maximum Gasteiger partial charge on any atom is 0.239 e. The second-order valence-electron chi connectivity index (χ2n) is 3.46. The molecular formula is C8H15N3O2. The minimum Gasteiger partial charge on any atom is -0.369 e. The number of likely N-dealkylation sites (tertiary alicyclic amines) is 1. The lowest BCUT2D eigenvalue weighted by molar-refractivity contribution is -0.131. The lowest BCUT2D eigenvalue weighted by atomic mass is 10.1. The molecule has 74 valence electrons. The van der Waals surface area contributed by atoms with Gasteiger partial charge in [-0.25, -0.2) is 0 Å². The highest BCUT2D eigenvalue weighted by atomic mass is 16.2. The predicted molar refractivity (Wildman–Crippen MR) is 47.5 cm³/mol. The first-order valence-electron chi connectivity index (χ1n) is 4.36. The molecule has 1 aliphatic rings. The average molecular weight is 185 g/mol. The van der Waals surface area contributed by atoms with Gasteiger partial charge in [0.15, 0.2) is 0 Å². The summed E-state index contributed by atoms with van der Waals surface area (Å²) >= 11 is 0. The van der Waals surface area contributed by atoms with Gasteiger partial charge in [0.25, 0.3) is 0 Å². The molecule has 0 aromatic heterocycles. The van der Waals surface area contributed by atoms with Gasteiger partial charge in [0, 0.05) is 13.1 Å². The van der Waals surface area contributed by atoms with E-state index in [4.69, 9.17) is 11.5 Å². The summed E-state index contributed by atoms with van der Waals surface area (Å²) in [5.41, 5.74) is 10.6. The van der Waals surface area contributed by atoms with Crippen LogP contribution < -0.4 is 11.5 Å². The molecule has 2 amide bonds. The Morgan fingerprint density at radius 1 is 1.54 bits per heavy atom. The van der Waals surface area contributed by atoms with Crippen molar-refractivity contribution in [1.29, 1.82) is 0 Å². The largest absolute Gasteiger partial charge is 0.369 e. The van der Waals surface area contributed by atoms with Crippen molar-refractivity contribution < 1.29 is 9.59 Å². The van der Waals surface area contributed by atoms with Crippen molar-refractivity contribution in [2.45, 2.75) is 19.4 Å². The van der Waals surface area contributed by atoms with Crippen LogP contribution in [0.3, 0.4) is 0 Å². The van der Waals surface area contributed by atoms with Crippen molar-refractivity contribution >= 4 is 11.8 Å². The lowest BCUT2D eigenvalue weighted by Gasteiger charge is -2.17. The Balaban J connectivity index is 2.50. The Morgan fingerprint density at radius 2 is 2.15 bits per heavy atom. The van der Waals surface area contributed by atoms with Crippen LogP contribution in [0.15, 0.2) is 0 Å². The number of amides is 2. The highest BCUT2D eigenvalue weighted by molar-refractivity contribution is 5.83. The van der Waals surface area contributed by atoms with Crippen LogP contribution in [-0.2, 0) is 9.59 Å². The zero-order valence-electron chi connectivity index (χ0n) is 7.69. The zero-order valence-corrected chi connectivity index (χ0v) is 7.69. The number of hydrogen-bond acceptors (Lipinski definition) is 3. The number of primary amides is 1. The van der Waals surface area contributed by atoms with Crippen molar-refractivity contribution in [3.05, 3.63) is 0 Å². The molecule has 0 radical (unpaired) electrons. The Hall–Kier alpha value is -1.10. The molecule has 1 aliphatic heterocycles. The monoisotopic (exact) mass is 185 g/mol. The van der Waals surface area contributed by atoms with E-state index in [0.717, 1.165) is 0 Å². The highest BCUT2D eigenvalue weighted by Gasteiger charge is 2.30. The molecule has 2 atom stereocenters. The Morgan fingerprint density at radius 3 is 2.54 bits per heavy atom. The zero-order chi connectivity index (χ0) is 10.0. The average Bonchev–Trinajstić information content (AvgIpc) is 2.50. The van der Waals surface area contributed by atoms with E-state index in [2.05, 4.69) is 0 Å². The molecule has 13 heavy (non-hydrogen) atoms. The van der Waals surface area contributed by atoms with E-state index in [1.807, 2.05) is 0 Å². The van der Waals surface area contributed by atoms with Gasteiger partial charge in [-0.1, -0.05) is 0 Å². The minimum absolute atomic E-state index is 0.108. The van der Waals surface area contributed by atoms with Gasteiger partial charge in [-0.05, 0) is 13.3 Å². The first-order chi connectivity index (χ1) is 6.02. The van der Waals surface area contributed by atoms with Crippen LogP contribution >= 0.6 is 0 Å². The molecule has 1 fully saturated rings. The fourth-order valence-corrected chi connectivity index (χ4v) is 1.48. The fourth-order valence-electron chi connectivity index (χ4n) is 1.48. The number of rotatable bonds is 2. The smallest absolute Gasteiger partial charge is 0.239 e. The molecule has 1 heterocycles. The number of carbonyl (C=O) groups is 2. The molecule has 5 nitrogen and oxygen atoms in total. The number of hydrogen-bond donors (Lipinski definition) is 2. The minimum atomic E-state index is -0.494. The second-order valence-corrected chi connectivity index (χ2v) is 3.46. The van der Waals surface area contributed by atoms with E-state index in [-0.39, 0.29) is 17.7 Å². The molecule has 0 spiro atoms. The quantitative estimate of drug-likeness (QED) is 0.558. The first-order valence-corrected chi connectivity index (χ1v) is 4.36. The van der Waals surface area contributed by atoms with Gasteiger partial charge in [0.05, 0.1) is 12.0 Å². The molecule has 1 rings (SSSR count). The summed E-state index contributed by atoms with van der Waals surface area (Å²) < 4.78 is 0. The van der Waals surface area contributed by atoms with E-state index in [1.165, 1.54) is 0 Å². The van der Waals surface area contributed by atoms with Gasteiger partial charge < -0.3 is 16.4 Å². The Kier molecular flexibility index (Phi) is 2.87. The van der Waals surface area contributed by atoms with Crippen LogP contribution in [-0.4, -0.2) is 35.8 Å². The summed E-state index contributed by atoms with van der Waals surface area (Å²) in [5.74, 6) is -0.633. The van der Waals surface area contributed by atoms with Crippen molar-refractivity contribution in [3.8, 4) is 0 Å². The van der Waals surface area contributed by atoms with E-state index < -0.39 is 6.04 Å². The number of carbonyl (C=O) groups excluding carboxylic acids is 2. The SMILES string of the molecule is C[C@@H](N)C(=O)N1CCC(C(N)=O)C1. The van der Waals surface area contributed by atoms with E-state index in [1.54, 1.807) is 11.8 Å². The van der Waals surface area contributed by atoms with Crippen LogP contribution in [0.5, 0.6) is 0 Å². The molecule has 4 N–H and O–H groups in total. The lowest BCUT2D eigenvalue weighted by Crippen LogP contribution is -2.41. The van der Waals surface area contributed by atoms with Gasteiger partial charge in [-0.15, -0.1) is 0 Å². The molecule has 1 saturated heterocycles. The number of nitrogens with zero attached hydrogens (tertiary/aromatic N) is 1. The van der Waals surface area contributed by atoms with Crippen LogP contribution in [0.2, 0.25) is 0 Å². The third-order valence-electron chi connectivity index (χ3n) is 2.29. The molecule has 1 unspecified atom stereocenters. The second kappa shape index (κ2) is 3.74. The van der Waals surface area contributed by atoms with Crippen molar-refractivity contribution in [1.82, 2.24) is 4.90 Å². The van der Waals surface area contributed by atoms with E-state index >= 15 is 0 Å². The Labute approximate surface area is 77.1 Å². The molecule has 0 aliphatic carbocycles. The van der Waals surface area contributed by atoms with Gasteiger partial charge in [0.1, 0.15) is 0 Å².